The predicted molar refractivity (Wildman–Crippen MR) is 141 cm³/mol. The van der Waals surface area contributed by atoms with E-state index in [4.69, 9.17) is 0 Å². The fraction of sp³-hybridized carbons (Fsp3) is 0.0333. The lowest BCUT2D eigenvalue weighted by Gasteiger charge is -2.36. The van der Waals surface area contributed by atoms with E-state index in [0.717, 1.165) is 28.0 Å². The van der Waals surface area contributed by atoms with E-state index in [1.807, 2.05) is 91.0 Å². The number of carbonyl (C=O) groups is 2. The highest BCUT2D eigenvalue weighted by Crippen LogP contribution is 2.40. The Hall–Kier alpha value is -4.90. The SMILES string of the molecule is O=C(Oc1c(F)c(F)c(F)c(F)c1F)C(=O)c1csc(NC(c2ccccc2)(c2ccccc2)c2ccccc2)n1. The summed E-state index contributed by atoms with van der Waals surface area (Å²) in [5.74, 6) is -17.1. The highest BCUT2D eigenvalue weighted by molar-refractivity contribution is 7.14. The Morgan fingerprint density at radius 1 is 0.659 bits per heavy atom. The van der Waals surface area contributed by atoms with Gasteiger partial charge in [0, 0.05) is 5.38 Å². The molecule has 206 valence electrons. The topological polar surface area (TPSA) is 68.3 Å². The van der Waals surface area contributed by atoms with Gasteiger partial charge >= 0.3 is 5.97 Å². The molecule has 0 spiro atoms. The van der Waals surface area contributed by atoms with Crippen molar-refractivity contribution in [2.24, 2.45) is 0 Å². The summed E-state index contributed by atoms with van der Waals surface area (Å²) in [5.41, 5.74) is 0.996. The average Bonchev–Trinajstić information content (AvgIpc) is 3.49. The number of hydrogen-bond acceptors (Lipinski definition) is 6. The zero-order valence-corrected chi connectivity index (χ0v) is 21.5. The maximum absolute atomic E-state index is 14.0. The van der Waals surface area contributed by atoms with Crippen molar-refractivity contribution in [1.29, 1.82) is 0 Å². The number of esters is 1. The number of thiazole rings is 1. The van der Waals surface area contributed by atoms with E-state index in [1.165, 1.54) is 5.38 Å². The number of ether oxygens (including phenoxy) is 1. The summed E-state index contributed by atoms with van der Waals surface area (Å²) in [4.78, 5) is 29.3. The highest BCUT2D eigenvalue weighted by atomic mass is 32.1. The average molecular weight is 581 g/mol. The van der Waals surface area contributed by atoms with Crippen LogP contribution in [0.5, 0.6) is 5.75 Å². The second kappa shape index (κ2) is 11.3. The third-order valence-corrected chi connectivity index (χ3v) is 6.96. The molecule has 1 N–H and O–H groups in total. The fourth-order valence-electron chi connectivity index (χ4n) is 4.29. The second-order valence-electron chi connectivity index (χ2n) is 8.63. The fourth-order valence-corrected chi connectivity index (χ4v) is 5.04. The first-order valence-corrected chi connectivity index (χ1v) is 12.8. The minimum Gasteiger partial charge on any atom is -0.414 e. The first-order chi connectivity index (χ1) is 19.7. The maximum Gasteiger partial charge on any atom is 0.386 e. The molecule has 5 rings (SSSR count). The van der Waals surface area contributed by atoms with Crippen molar-refractivity contribution in [2.75, 3.05) is 5.32 Å². The van der Waals surface area contributed by atoms with Crippen LogP contribution in [0.1, 0.15) is 27.2 Å². The van der Waals surface area contributed by atoms with Gasteiger partial charge in [-0.1, -0.05) is 91.0 Å². The summed E-state index contributed by atoms with van der Waals surface area (Å²) in [6, 6.07) is 28.2. The number of hydrogen-bond donors (Lipinski definition) is 1. The van der Waals surface area contributed by atoms with Gasteiger partial charge in [-0.2, -0.15) is 8.78 Å². The molecular formula is C30H17F5N2O3S. The maximum atomic E-state index is 14.0. The summed E-state index contributed by atoms with van der Waals surface area (Å²) in [6.45, 7) is 0. The van der Waals surface area contributed by atoms with Gasteiger partial charge in [-0.15, -0.1) is 11.3 Å². The molecule has 0 unspecified atom stereocenters. The molecule has 0 bridgehead atoms. The molecule has 0 radical (unpaired) electrons. The van der Waals surface area contributed by atoms with E-state index in [-0.39, 0.29) is 5.13 Å². The van der Waals surface area contributed by atoms with E-state index >= 15 is 0 Å². The standard InChI is InChI=1S/C30H17F5N2O3S/c31-21-22(32)24(34)27(25(35)23(21)33)40-28(39)26(38)20-16-41-29(36-20)37-30(17-10-4-1-5-11-17,18-12-6-2-7-13-18)19-14-8-3-9-15-19/h1-16H,(H,36,37). The Labute approximate surface area is 233 Å². The van der Waals surface area contributed by atoms with Crippen LogP contribution in [0.3, 0.4) is 0 Å². The van der Waals surface area contributed by atoms with Crippen molar-refractivity contribution >= 4 is 28.2 Å². The van der Waals surface area contributed by atoms with Gasteiger partial charge in [0.15, 0.2) is 5.13 Å². The van der Waals surface area contributed by atoms with Gasteiger partial charge in [0.25, 0.3) is 5.78 Å². The first-order valence-electron chi connectivity index (χ1n) is 11.9. The van der Waals surface area contributed by atoms with Crippen molar-refractivity contribution in [3.05, 3.63) is 148 Å². The molecule has 1 heterocycles. The number of halogens is 5. The molecule has 0 aliphatic carbocycles. The van der Waals surface area contributed by atoms with Crippen LogP contribution in [0.4, 0.5) is 27.1 Å². The molecule has 0 saturated heterocycles. The molecule has 5 aromatic rings. The van der Waals surface area contributed by atoms with Crippen molar-refractivity contribution in [2.45, 2.75) is 5.54 Å². The molecule has 0 aliphatic rings. The van der Waals surface area contributed by atoms with Crippen LogP contribution >= 0.6 is 11.3 Å². The lowest BCUT2D eigenvalue weighted by atomic mass is 9.77. The highest BCUT2D eigenvalue weighted by Gasteiger charge is 2.38. The van der Waals surface area contributed by atoms with Crippen LogP contribution in [-0.4, -0.2) is 16.7 Å². The van der Waals surface area contributed by atoms with Crippen LogP contribution in [-0.2, 0) is 10.3 Å². The van der Waals surface area contributed by atoms with Gasteiger partial charge in [-0.3, -0.25) is 4.79 Å². The van der Waals surface area contributed by atoms with E-state index in [1.54, 1.807) is 0 Å². The smallest absolute Gasteiger partial charge is 0.386 e. The molecule has 0 saturated carbocycles. The van der Waals surface area contributed by atoms with Gasteiger partial charge in [0.05, 0.1) is 0 Å². The number of ketones is 1. The molecule has 11 heteroatoms. The molecule has 0 amide bonds. The minimum atomic E-state index is -2.43. The Bertz CT molecular complexity index is 1610. The molecule has 4 aromatic carbocycles. The summed E-state index contributed by atoms with van der Waals surface area (Å²) >= 11 is 0.957. The van der Waals surface area contributed by atoms with E-state index in [9.17, 15) is 31.5 Å². The Morgan fingerprint density at radius 3 is 1.51 bits per heavy atom. The summed E-state index contributed by atoms with van der Waals surface area (Å²) < 4.78 is 72.5. The van der Waals surface area contributed by atoms with Crippen molar-refractivity contribution in [1.82, 2.24) is 4.98 Å². The minimum absolute atomic E-state index is 0.189. The first kappa shape index (κ1) is 27.7. The number of nitrogens with one attached hydrogen (secondary N) is 1. The number of aromatic nitrogens is 1. The van der Waals surface area contributed by atoms with Gasteiger partial charge in [-0.05, 0) is 16.7 Å². The summed E-state index contributed by atoms with van der Waals surface area (Å²) in [6.07, 6.45) is 0. The van der Waals surface area contributed by atoms with Crippen LogP contribution in [0, 0.1) is 29.1 Å². The number of Topliss-reactive ketones (excluding diaryl/α,β-unsaturated/α-hetero) is 1. The molecule has 1 aromatic heterocycles. The largest absolute Gasteiger partial charge is 0.414 e. The third-order valence-electron chi connectivity index (χ3n) is 6.20. The van der Waals surface area contributed by atoms with Crippen molar-refractivity contribution in [3.8, 4) is 5.75 Å². The molecule has 0 fully saturated rings. The van der Waals surface area contributed by atoms with Crippen LogP contribution < -0.4 is 10.1 Å². The van der Waals surface area contributed by atoms with Crippen LogP contribution in [0.15, 0.2) is 96.4 Å². The number of nitrogens with zero attached hydrogens (tertiary/aromatic N) is 1. The van der Waals surface area contributed by atoms with E-state index in [0.29, 0.717) is 0 Å². The van der Waals surface area contributed by atoms with Gasteiger partial charge < -0.3 is 10.1 Å². The number of carbonyl (C=O) groups excluding carboxylic acids is 2. The second-order valence-corrected chi connectivity index (χ2v) is 9.49. The molecule has 0 atom stereocenters. The van der Waals surface area contributed by atoms with Gasteiger partial charge in [0.2, 0.25) is 34.8 Å². The zero-order valence-electron chi connectivity index (χ0n) is 20.7. The lowest BCUT2D eigenvalue weighted by Crippen LogP contribution is -2.38. The Morgan fingerprint density at radius 2 is 1.07 bits per heavy atom. The normalized spacial score (nSPS) is 11.2. The Balaban J connectivity index is 1.51. The lowest BCUT2D eigenvalue weighted by molar-refractivity contribution is -0.129. The van der Waals surface area contributed by atoms with E-state index in [2.05, 4.69) is 15.0 Å². The van der Waals surface area contributed by atoms with Crippen molar-refractivity contribution in [3.63, 3.8) is 0 Å². The summed E-state index contributed by atoms with van der Waals surface area (Å²) in [7, 11) is 0. The molecule has 5 nitrogen and oxygen atoms in total. The number of anilines is 1. The van der Waals surface area contributed by atoms with Gasteiger partial charge in [-0.25, -0.2) is 22.9 Å². The molecule has 41 heavy (non-hydrogen) atoms. The quantitative estimate of drug-likeness (QED) is 0.0312. The van der Waals surface area contributed by atoms with E-state index < -0.39 is 57.8 Å². The van der Waals surface area contributed by atoms with Gasteiger partial charge in [0.1, 0.15) is 11.2 Å². The zero-order chi connectivity index (χ0) is 29.1. The number of benzene rings is 4. The van der Waals surface area contributed by atoms with Crippen LogP contribution in [0.2, 0.25) is 0 Å². The summed E-state index contributed by atoms with van der Waals surface area (Å²) in [5, 5.41) is 4.78. The molecule has 0 aliphatic heterocycles. The van der Waals surface area contributed by atoms with Crippen molar-refractivity contribution < 1.29 is 36.3 Å². The monoisotopic (exact) mass is 580 g/mol. The van der Waals surface area contributed by atoms with Crippen LogP contribution in [0.25, 0.3) is 0 Å². The Kier molecular flexibility index (Phi) is 7.62. The predicted octanol–water partition coefficient (Wildman–Crippen LogP) is 7.03. The third kappa shape index (κ3) is 5.07. The number of rotatable bonds is 8. The molecular weight excluding hydrogens is 563 g/mol.